The summed E-state index contributed by atoms with van der Waals surface area (Å²) < 4.78 is 2.02. The number of allylic oxidation sites excluding steroid dienone is 2. The molecule has 1 unspecified atom stereocenters. The Balaban J connectivity index is 1.77. The highest BCUT2D eigenvalue weighted by Gasteiger charge is 2.39. The molecule has 1 aromatic carbocycles. The normalized spacial score (nSPS) is 16.0. The zero-order valence-corrected chi connectivity index (χ0v) is 25.4. The van der Waals surface area contributed by atoms with Crippen molar-refractivity contribution in [1.82, 2.24) is 9.80 Å². The first kappa shape index (κ1) is 31.8. The van der Waals surface area contributed by atoms with Crippen LogP contribution in [0.5, 0.6) is 0 Å². The number of benzene rings is 1. The van der Waals surface area contributed by atoms with Gasteiger partial charge in [0.1, 0.15) is 13.3 Å². The number of hydrogen-bond acceptors (Lipinski definition) is 2. The second kappa shape index (κ2) is 16.5. The van der Waals surface area contributed by atoms with E-state index in [2.05, 4.69) is 107 Å². The molecule has 0 aliphatic carbocycles. The van der Waals surface area contributed by atoms with Crippen molar-refractivity contribution in [3.05, 3.63) is 66.4 Å². The SMILES string of the molecule is C=Cc1cc(/C=C\CCCCCN2CC(CC)(CCC)C2)ccc1C(=C)N(C)C(C)CC[N+](=C)/C=C/CC. The van der Waals surface area contributed by atoms with Crippen molar-refractivity contribution in [3.8, 4) is 0 Å². The summed E-state index contributed by atoms with van der Waals surface area (Å²) in [6.45, 7) is 26.5. The zero-order valence-electron chi connectivity index (χ0n) is 25.4. The molecule has 0 N–H and O–H groups in total. The van der Waals surface area contributed by atoms with Crippen LogP contribution < -0.4 is 0 Å². The van der Waals surface area contributed by atoms with Crippen LogP contribution in [-0.2, 0) is 0 Å². The van der Waals surface area contributed by atoms with Gasteiger partial charge in [0.2, 0.25) is 0 Å². The molecule has 0 bridgehead atoms. The van der Waals surface area contributed by atoms with Crippen LogP contribution in [-0.4, -0.2) is 60.4 Å². The third kappa shape index (κ3) is 9.73. The number of unbranched alkanes of at least 4 members (excludes halogenated alkanes) is 3. The maximum absolute atomic E-state index is 4.42. The van der Waals surface area contributed by atoms with Gasteiger partial charge in [0.05, 0.1) is 0 Å². The van der Waals surface area contributed by atoms with Crippen LogP contribution >= 0.6 is 0 Å². The van der Waals surface area contributed by atoms with Crippen LogP contribution in [0.2, 0.25) is 0 Å². The van der Waals surface area contributed by atoms with Crippen molar-refractivity contribution in [2.45, 2.75) is 91.5 Å². The Labute approximate surface area is 235 Å². The number of nitrogens with zero attached hydrogens (tertiary/aromatic N) is 3. The standard InChI is InChI=1S/C35H56N3/c1-9-13-24-36(7)26-22-30(5)37(8)31(6)34-21-20-32(27-33(34)11-3)19-17-15-14-16-18-25-38-28-35(12-4,29-38)23-10-2/h11,13,17,19-21,24,27,30H,3,6-7,9-10,12,14-16,18,22-23,25-26,28-29H2,1-2,4-5,8H3/q+1/b19-17-,24-13+. The molecule has 1 aliphatic heterocycles. The summed E-state index contributed by atoms with van der Waals surface area (Å²) in [5, 5.41) is 0. The lowest BCUT2D eigenvalue weighted by Crippen LogP contribution is -2.55. The Hall–Kier alpha value is -2.39. The summed E-state index contributed by atoms with van der Waals surface area (Å²) in [6.07, 6.45) is 21.9. The van der Waals surface area contributed by atoms with Gasteiger partial charge < -0.3 is 9.80 Å². The average molecular weight is 519 g/mol. The minimum Gasteiger partial charge on any atom is -0.372 e. The van der Waals surface area contributed by atoms with E-state index in [-0.39, 0.29) is 0 Å². The topological polar surface area (TPSA) is 9.49 Å². The van der Waals surface area contributed by atoms with Gasteiger partial charge in [-0.15, -0.1) is 0 Å². The fourth-order valence-corrected chi connectivity index (χ4v) is 5.59. The summed E-state index contributed by atoms with van der Waals surface area (Å²) in [4.78, 5) is 4.95. The van der Waals surface area contributed by atoms with Crippen molar-refractivity contribution in [1.29, 1.82) is 0 Å². The quantitative estimate of drug-likeness (QED) is 0.103. The lowest BCUT2D eigenvalue weighted by atomic mass is 9.74. The van der Waals surface area contributed by atoms with Gasteiger partial charge in [-0.3, -0.25) is 0 Å². The van der Waals surface area contributed by atoms with Crippen LogP contribution in [0.25, 0.3) is 17.8 Å². The minimum absolute atomic E-state index is 0.366. The van der Waals surface area contributed by atoms with Gasteiger partial charge in [-0.25, -0.2) is 4.58 Å². The molecule has 1 aromatic rings. The molecule has 0 saturated carbocycles. The largest absolute Gasteiger partial charge is 0.372 e. The second-order valence-corrected chi connectivity index (χ2v) is 11.4. The number of rotatable bonds is 19. The summed E-state index contributed by atoms with van der Waals surface area (Å²) in [5.41, 5.74) is 5.20. The van der Waals surface area contributed by atoms with Gasteiger partial charge in [-0.05, 0) is 80.7 Å². The molecular formula is C35H56N3+. The average Bonchev–Trinajstić information content (AvgIpc) is 2.91. The lowest BCUT2D eigenvalue weighted by Gasteiger charge is -2.50. The van der Waals surface area contributed by atoms with Crippen LogP contribution in [0.1, 0.15) is 102 Å². The number of hydrogen-bond donors (Lipinski definition) is 0. The summed E-state index contributed by atoms with van der Waals surface area (Å²) in [5.74, 6) is 0. The minimum atomic E-state index is 0.366. The van der Waals surface area contributed by atoms with Gasteiger partial charge in [0, 0.05) is 43.9 Å². The lowest BCUT2D eigenvalue weighted by molar-refractivity contribution is -0.449. The molecule has 2 rings (SSSR count). The Bertz CT molecular complexity index is 948. The summed E-state index contributed by atoms with van der Waals surface area (Å²) in [7, 11) is 2.14. The first-order chi connectivity index (χ1) is 18.3. The van der Waals surface area contributed by atoms with E-state index in [1.165, 1.54) is 63.7 Å². The molecule has 1 saturated heterocycles. The Morgan fingerprint density at radius 2 is 1.92 bits per heavy atom. The molecule has 0 radical (unpaired) electrons. The molecule has 1 fully saturated rings. The fourth-order valence-electron chi connectivity index (χ4n) is 5.59. The Morgan fingerprint density at radius 3 is 2.58 bits per heavy atom. The van der Waals surface area contributed by atoms with E-state index < -0.39 is 0 Å². The molecule has 0 spiro atoms. The number of likely N-dealkylation sites (tertiary alicyclic amines) is 1. The molecule has 1 aliphatic rings. The molecule has 3 nitrogen and oxygen atoms in total. The van der Waals surface area contributed by atoms with Crippen molar-refractivity contribution < 1.29 is 4.58 Å². The van der Waals surface area contributed by atoms with Crippen LogP contribution in [0.15, 0.2) is 49.7 Å². The predicted octanol–water partition coefficient (Wildman–Crippen LogP) is 8.73. The van der Waals surface area contributed by atoms with Crippen LogP contribution in [0, 0.1) is 5.41 Å². The van der Waals surface area contributed by atoms with E-state index in [0.717, 1.165) is 42.6 Å². The first-order valence-corrected chi connectivity index (χ1v) is 15.1. The smallest absolute Gasteiger partial charge is 0.164 e. The van der Waals surface area contributed by atoms with Gasteiger partial charge in [0.25, 0.3) is 0 Å². The molecular weight excluding hydrogens is 462 g/mol. The monoisotopic (exact) mass is 518 g/mol. The third-order valence-corrected chi connectivity index (χ3v) is 8.38. The van der Waals surface area contributed by atoms with Crippen molar-refractivity contribution in [2.75, 3.05) is 33.2 Å². The first-order valence-electron chi connectivity index (χ1n) is 15.1. The maximum atomic E-state index is 4.42. The van der Waals surface area contributed by atoms with Crippen molar-refractivity contribution >= 4 is 24.6 Å². The van der Waals surface area contributed by atoms with Crippen molar-refractivity contribution in [3.63, 3.8) is 0 Å². The highest BCUT2D eigenvalue weighted by Crippen LogP contribution is 2.38. The maximum Gasteiger partial charge on any atom is 0.164 e. The van der Waals surface area contributed by atoms with Crippen LogP contribution in [0.4, 0.5) is 0 Å². The highest BCUT2D eigenvalue weighted by atomic mass is 15.2. The van der Waals surface area contributed by atoms with E-state index in [1.54, 1.807) is 0 Å². The highest BCUT2D eigenvalue weighted by molar-refractivity contribution is 5.73. The molecule has 1 atom stereocenters. The Morgan fingerprint density at radius 1 is 1.16 bits per heavy atom. The molecule has 38 heavy (non-hydrogen) atoms. The van der Waals surface area contributed by atoms with Gasteiger partial charge in [0.15, 0.2) is 6.20 Å². The fraction of sp³-hybridized carbons (Fsp3) is 0.571. The van der Waals surface area contributed by atoms with Gasteiger partial charge >= 0.3 is 0 Å². The molecule has 3 heteroatoms. The zero-order chi connectivity index (χ0) is 28.0. The van der Waals surface area contributed by atoms with Crippen molar-refractivity contribution in [2.24, 2.45) is 5.41 Å². The van der Waals surface area contributed by atoms with E-state index in [9.17, 15) is 0 Å². The summed E-state index contributed by atoms with van der Waals surface area (Å²) in [6, 6.07) is 7.00. The van der Waals surface area contributed by atoms with E-state index in [0.29, 0.717) is 11.5 Å². The predicted molar refractivity (Wildman–Crippen MR) is 171 cm³/mol. The Kier molecular flexibility index (Phi) is 13.9. The second-order valence-electron chi connectivity index (χ2n) is 11.4. The van der Waals surface area contributed by atoms with Crippen LogP contribution in [0.3, 0.4) is 0 Å². The van der Waals surface area contributed by atoms with E-state index in [1.807, 2.05) is 10.7 Å². The van der Waals surface area contributed by atoms with Gasteiger partial charge in [-0.1, -0.05) is 77.1 Å². The third-order valence-electron chi connectivity index (χ3n) is 8.38. The molecule has 0 aromatic heterocycles. The van der Waals surface area contributed by atoms with E-state index >= 15 is 0 Å². The summed E-state index contributed by atoms with van der Waals surface area (Å²) >= 11 is 0. The van der Waals surface area contributed by atoms with Gasteiger partial charge in [-0.2, -0.15) is 0 Å². The molecule has 210 valence electrons. The van der Waals surface area contributed by atoms with E-state index in [4.69, 9.17) is 0 Å². The molecule has 0 amide bonds. The molecule has 1 heterocycles.